The van der Waals surface area contributed by atoms with Gasteiger partial charge in [-0.3, -0.25) is 10.1 Å². The molecule has 13 heteroatoms. The van der Waals surface area contributed by atoms with Gasteiger partial charge in [0.2, 0.25) is 0 Å². The molecule has 0 aliphatic heterocycles. The highest BCUT2D eigenvalue weighted by molar-refractivity contribution is 7.87. The molecule has 2 rings (SSSR count). The number of thiocarbonyl (C=S) groups is 1. The Balaban J connectivity index is 2.36. The van der Waals surface area contributed by atoms with Crippen LogP contribution in [0.4, 0.5) is 10.5 Å². The maximum atomic E-state index is 12.3. The average Bonchev–Trinajstić information content (AvgIpc) is 2.59. The number of nitro benzene ring substituents is 1. The summed E-state index contributed by atoms with van der Waals surface area (Å²) in [7, 11) is -4.26. The predicted octanol–water partition coefficient (Wildman–Crippen LogP) is 2.74. The van der Waals surface area contributed by atoms with Crippen LogP contribution in [0, 0.1) is 10.1 Å². The van der Waals surface area contributed by atoms with Crippen molar-refractivity contribution in [2.24, 2.45) is 5.73 Å². The maximum Gasteiger partial charge on any atom is 0.413 e. The Morgan fingerprint density at radius 2 is 1.89 bits per heavy atom. The highest BCUT2D eigenvalue weighted by atomic mass is 35.5. The minimum atomic E-state index is -4.26. The smallest absolute Gasteiger partial charge is 0.413 e. The molecule has 0 aliphatic rings. The van der Waals surface area contributed by atoms with Gasteiger partial charge < -0.3 is 15.0 Å². The Labute approximate surface area is 169 Å². The molecule has 3 N–H and O–H groups in total. The number of amides is 1. The van der Waals surface area contributed by atoms with Gasteiger partial charge in [-0.2, -0.15) is 8.42 Å². The average molecular weight is 446 g/mol. The number of rotatable bonds is 6. The number of nitro groups is 1. The monoisotopic (exact) mass is 445 g/mol. The van der Waals surface area contributed by atoms with Crippen LogP contribution in [0.1, 0.15) is 5.56 Å². The number of benzene rings is 2. The summed E-state index contributed by atoms with van der Waals surface area (Å²) in [6.07, 6.45) is -1.49. The van der Waals surface area contributed by atoms with E-state index in [1.165, 1.54) is 24.3 Å². The van der Waals surface area contributed by atoms with Crippen molar-refractivity contribution >= 4 is 50.8 Å². The van der Waals surface area contributed by atoms with Gasteiger partial charge in [0.15, 0.2) is 5.11 Å². The number of nitrogens with zero attached hydrogens (tertiary/aromatic N) is 2. The van der Waals surface area contributed by atoms with E-state index in [0.717, 1.165) is 18.2 Å². The predicted molar refractivity (Wildman–Crippen MR) is 103 cm³/mol. The van der Waals surface area contributed by atoms with Crippen molar-refractivity contribution in [2.75, 3.05) is 0 Å². The van der Waals surface area contributed by atoms with E-state index >= 15 is 0 Å². The van der Waals surface area contributed by atoms with Crippen LogP contribution in [0.25, 0.3) is 0 Å². The molecule has 28 heavy (non-hydrogen) atoms. The molecule has 0 saturated carbocycles. The summed E-state index contributed by atoms with van der Waals surface area (Å²) in [5, 5.41) is 20.2. The first-order chi connectivity index (χ1) is 13.0. The SMILES string of the molecule is NC(=S)N(Cc1ccc(OS(=O)(=O)c2ccc(Cl)cc2)cc1[N+](=O)[O-])C(=O)O. The van der Waals surface area contributed by atoms with Crippen LogP contribution < -0.4 is 9.92 Å². The van der Waals surface area contributed by atoms with Crippen LogP contribution >= 0.6 is 23.8 Å². The number of nitrogens with two attached hydrogens (primary N) is 1. The van der Waals surface area contributed by atoms with Gasteiger partial charge in [-0.15, -0.1) is 0 Å². The lowest BCUT2D eigenvalue weighted by Gasteiger charge is -2.17. The number of carbonyl (C=O) groups is 1. The number of halogens is 1. The molecule has 0 unspecified atom stereocenters. The first-order valence-electron chi connectivity index (χ1n) is 7.28. The largest absolute Gasteiger partial charge is 0.465 e. The fraction of sp³-hybridized carbons (Fsp3) is 0.0667. The molecule has 0 radical (unpaired) electrons. The number of hydrogen-bond donors (Lipinski definition) is 2. The highest BCUT2D eigenvalue weighted by Crippen LogP contribution is 2.28. The Bertz CT molecular complexity index is 1030. The van der Waals surface area contributed by atoms with Gasteiger partial charge >= 0.3 is 16.2 Å². The molecule has 0 atom stereocenters. The second kappa shape index (κ2) is 8.37. The summed E-state index contributed by atoms with van der Waals surface area (Å²) < 4.78 is 29.5. The number of hydrogen-bond acceptors (Lipinski definition) is 7. The molecule has 2 aromatic rings. The van der Waals surface area contributed by atoms with E-state index in [2.05, 4.69) is 12.2 Å². The van der Waals surface area contributed by atoms with Crippen molar-refractivity contribution in [3.8, 4) is 5.75 Å². The third-order valence-electron chi connectivity index (χ3n) is 3.39. The standard InChI is InChI=1S/C15H12ClN3O7S2/c16-10-2-5-12(6-3-10)28(24,25)26-11-4-1-9(13(7-11)19(22)23)8-18(14(17)27)15(20)21/h1-7H,8H2,(H2,17,27)(H,20,21). The molecule has 0 spiro atoms. The molecular formula is C15H12ClN3O7S2. The van der Waals surface area contributed by atoms with E-state index in [0.29, 0.717) is 9.92 Å². The normalized spacial score (nSPS) is 10.9. The van der Waals surface area contributed by atoms with Gasteiger partial charge in [0.25, 0.3) is 5.69 Å². The fourth-order valence-corrected chi connectivity index (χ4v) is 3.28. The van der Waals surface area contributed by atoms with E-state index in [1.807, 2.05) is 0 Å². The van der Waals surface area contributed by atoms with Crippen LogP contribution in [-0.2, 0) is 16.7 Å². The minimum absolute atomic E-state index is 0.0589. The molecule has 10 nitrogen and oxygen atoms in total. The molecule has 0 aromatic heterocycles. The summed E-state index contributed by atoms with van der Waals surface area (Å²) in [6, 6.07) is 8.29. The molecular weight excluding hydrogens is 434 g/mol. The van der Waals surface area contributed by atoms with Gasteiger partial charge in [0, 0.05) is 5.02 Å². The van der Waals surface area contributed by atoms with E-state index in [-0.39, 0.29) is 16.2 Å². The zero-order chi connectivity index (χ0) is 21.1. The van der Waals surface area contributed by atoms with Crippen molar-refractivity contribution in [2.45, 2.75) is 11.4 Å². The van der Waals surface area contributed by atoms with E-state index in [9.17, 15) is 23.3 Å². The Morgan fingerprint density at radius 1 is 1.29 bits per heavy atom. The molecule has 2 aromatic carbocycles. The topological polar surface area (TPSA) is 153 Å². The quantitative estimate of drug-likeness (QED) is 0.295. The summed E-state index contributed by atoms with van der Waals surface area (Å²) in [6.45, 7) is -0.495. The summed E-state index contributed by atoms with van der Waals surface area (Å²) in [5.41, 5.74) is 4.67. The summed E-state index contributed by atoms with van der Waals surface area (Å²) in [5.74, 6) is -0.331. The van der Waals surface area contributed by atoms with E-state index in [1.54, 1.807) is 0 Å². The molecule has 0 saturated heterocycles. The Kier molecular flexibility index (Phi) is 6.38. The zero-order valence-corrected chi connectivity index (χ0v) is 16.2. The summed E-state index contributed by atoms with van der Waals surface area (Å²) in [4.78, 5) is 22.0. The van der Waals surface area contributed by atoms with Crippen molar-refractivity contribution in [1.82, 2.24) is 4.90 Å². The van der Waals surface area contributed by atoms with Crippen LogP contribution in [0.15, 0.2) is 47.4 Å². The van der Waals surface area contributed by atoms with Gasteiger partial charge in [-0.25, -0.2) is 9.69 Å². The first-order valence-corrected chi connectivity index (χ1v) is 9.48. The molecule has 0 fully saturated rings. The maximum absolute atomic E-state index is 12.3. The van der Waals surface area contributed by atoms with Crippen molar-refractivity contribution in [3.05, 3.63) is 63.2 Å². The van der Waals surface area contributed by atoms with Gasteiger partial charge in [0.1, 0.15) is 10.6 Å². The molecule has 148 valence electrons. The lowest BCUT2D eigenvalue weighted by molar-refractivity contribution is -0.385. The molecule has 1 amide bonds. The lowest BCUT2D eigenvalue weighted by Crippen LogP contribution is -2.39. The lowest BCUT2D eigenvalue weighted by atomic mass is 10.1. The van der Waals surface area contributed by atoms with Crippen molar-refractivity contribution in [1.29, 1.82) is 0 Å². The van der Waals surface area contributed by atoms with Crippen molar-refractivity contribution in [3.63, 3.8) is 0 Å². The van der Waals surface area contributed by atoms with Gasteiger partial charge in [-0.05, 0) is 48.6 Å². The van der Waals surface area contributed by atoms with Crippen molar-refractivity contribution < 1.29 is 27.4 Å². The van der Waals surface area contributed by atoms with Gasteiger partial charge in [-0.1, -0.05) is 11.6 Å². The van der Waals surface area contributed by atoms with E-state index < -0.39 is 38.5 Å². The molecule has 0 aliphatic carbocycles. The van der Waals surface area contributed by atoms with Crippen LogP contribution in [-0.4, -0.2) is 34.6 Å². The zero-order valence-electron chi connectivity index (χ0n) is 13.8. The first kappa shape index (κ1) is 21.3. The third kappa shape index (κ3) is 5.06. The minimum Gasteiger partial charge on any atom is -0.465 e. The van der Waals surface area contributed by atoms with Gasteiger partial charge in [0.05, 0.1) is 23.1 Å². The second-order valence-corrected chi connectivity index (χ2v) is 7.65. The second-order valence-electron chi connectivity index (χ2n) is 5.25. The van der Waals surface area contributed by atoms with Crippen LogP contribution in [0.2, 0.25) is 5.02 Å². The highest BCUT2D eigenvalue weighted by Gasteiger charge is 2.24. The Hall–Kier alpha value is -2.96. The van der Waals surface area contributed by atoms with E-state index in [4.69, 9.17) is 26.6 Å². The van der Waals surface area contributed by atoms with Crippen LogP contribution in [0.5, 0.6) is 5.75 Å². The molecule has 0 heterocycles. The van der Waals surface area contributed by atoms with Crippen LogP contribution in [0.3, 0.4) is 0 Å². The number of carboxylic acid groups (broad SMARTS) is 1. The fourth-order valence-electron chi connectivity index (χ4n) is 2.09. The molecule has 0 bridgehead atoms. The Morgan fingerprint density at radius 3 is 2.39 bits per heavy atom. The summed E-state index contributed by atoms with van der Waals surface area (Å²) >= 11 is 10.3. The third-order valence-corrected chi connectivity index (χ3v) is 5.12.